The van der Waals surface area contributed by atoms with Gasteiger partial charge in [0.05, 0.1) is 4.34 Å². The molecule has 8 heteroatoms. The number of nitrogens with zero attached hydrogens (tertiary/aromatic N) is 2. The van der Waals surface area contributed by atoms with E-state index in [-0.39, 0.29) is 10.8 Å². The number of halogens is 1. The van der Waals surface area contributed by atoms with Crippen molar-refractivity contribution >= 4 is 33.0 Å². The molecule has 0 unspecified atom stereocenters. The Morgan fingerprint density at radius 3 is 2.31 bits per heavy atom. The number of hydrogen-bond acceptors (Lipinski definition) is 5. The first-order chi connectivity index (χ1) is 12.5. The van der Waals surface area contributed by atoms with Gasteiger partial charge in [0.25, 0.3) is 0 Å². The Hall–Kier alpha value is -0.960. The SMILES string of the molecule is CCN1CCN(Cc2ccccc2CNS(=O)(=O)c2ccc(Cl)s2)CC1. The summed E-state index contributed by atoms with van der Waals surface area (Å²) >= 11 is 6.92. The van der Waals surface area contributed by atoms with E-state index in [1.165, 1.54) is 11.6 Å². The van der Waals surface area contributed by atoms with Crippen LogP contribution in [0.1, 0.15) is 18.1 Å². The van der Waals surface area contributed by atoms with E-state index in [4.69, 9.17) is 11.6 Å². The van der Waals surface area contributed by atoms with E-state index in [0.717, 1.165) is 56.2 Å². The van der Waals surface area contributed by atoms with Gasteiger partial charge in [-0.1, -0.05) is 42.8 Å². The number of sulfonamides is 1. The smallest absolute Gasteiger partial charge is 0.250 e. The highest BCUT2D eigenvalue weighted by atomic mass is 35.5. The molecule has 1 aromatic heterocycles. The van der Waals surface area contributed by atoms with Crippen molar-refractivity contribution in [3.63, 3.8) is 0 Å². The van der Waals surface area contributed by atoms with Gasteiger partial charge >= 0.3 is 0 Å². The van der Waals surface area contributed by atoms with Crippen LogP contribution in [0.15, 0.2) is 40.6 Å². The van der Waals surface area contributed by atoms with Crippen molar-refractivity contribution < 1.29 is 8.42 Å². The van der Waals surface area contributed by atoms with Crippen molar-refractivity contribution in [2.24, 2.45) is 0 Å². The molecule has 0 saturated carbocycles. The van der Waals surface area contributed by atoms with Crippen molar-refractivity contribution in [2.45, 2.75) is 24.2 Å². The number of likely N-dealkylation sites (N-methyl/N-ethyl adjacent to an activating group) is 1. The summed E-state index contributed by atoms with van der Waals surface area (Å²) in [6.07, 6.45) is 0. The van der Waals surface area contributed by atoms with Crippen molar-refractivity contribution in [3.8, 4) is 0 Å². The predicted molar refractivity (Wildman–Crippen MR) is 107 cm³/mol. The molecule has 1 aromatic carbocycles. The maximum Gasteiger partial charge on any atom is 0.250 e. The maximum atomic E-state index is 12.4. The number of hydrogen-bond donors (Lipinski definition) is 1. The predicted octanol–water partition coefficient (Wildman–Crippen LogP) is 3.02. The second-order valence-electron chi connectivity index (χ2n) is 6.36. The number of nitrogens with one attached hydrogen (secondary N) is 1. The third-order valence-electron chi connectivity index (χ3n) is 4.69. The highest BCUT2D eigenvalue weighted by molar-refractivity contribution is 7.91. The zero-order valence-electron chi connectivity index (χ0n) is 14.8. The van der Waals surface area contributed by atoms with Crippen molar-refractivity contribution in [3.05, 3.63) is 51.9 Å². The van der Waals surface area contributed by atoms with Crippen LogP contribution in [0.4, 0.5) is 0 Å². The molecule has 5 nitrogen and oxygen atoms in total. The molecule has 0 atom stereocenters. The van der Waals surface area contributed by atoms with Crippen molar-refractivity contribution in [1.82, 2.24) is 14.5 Å². The molecule has 1 aliphatic heterocycles. The Balaban J connectivity index is 1.64. The Labute approximate surface area is 164 Å². The molecule has 1 N–H and O–H groups in total. The number of benzene rings is 1. The van der Waals surface area contributed by atoms with Gasteiger partial charge in [-0.2, -0.15) is 0 Å². The van der Waals surface area contributed by atoms with Gasteiger partial charge in [-0.3, -0.25) is 4.90 Å². The van der Waals surface area contributed by atoms with Crippen LogP contribution < -0.4 is 4.72 Å². The van der Waals surface area contributed by atoms with E-state index in [2.05, 4.69) is 27.5 Å². The topological polar surface area (TPSA) is 52.6 Å². The summed E-state index contributed by atoms with van der Waals surface area (Å²) in [6, 6.07) is 11.2. The zero-order valence-corrected chi connectivity index (χ0v) is 17.2. The van der Waals surface area contributed by atoms with Gasteiger partial charge in [-0.25, -0.2) is 13.1 Å². The molecule has 26 heavy (non-hydrogen) atoms. The first kappa shape index (κ1) is 19.8. The zero-order chi connectivity index (χ0) is 18.6. The minimum atomic E-state index is -3.53. The van der Waals surface area contributed by atoms with Crippen LogP contribution in [0.2, 0.25) is 4.34 Å². The minimum absolute atomic E-state index is 0.246. The fourth-order valence-corrected chi connectivity index (χ4v) is 5.61. The highest BCUT2D eigenvalue weighted by Gasteiger charge is 2.19. The van der Waals surface area contributed by atoms with Gasteiger partial charge < -0.3 is 4.90 Å². The van der Waals surface area contributed by atoms with Crippen molar-refractivity contribution in [1.29, 1.82) is 0 Å². The molecule has 142 valence electrons. The van der Waals surface area contributed by atoms with Crippen molar-refractivity contribution in [2.75, 3.05) is 32.7 Å². The van der Waals surface area contributed by atoms with E-state index >= 15 is 0 Å². The van der Waals surface area contributed by atoms with Crippen LogP contribution in [-0.4, -0.2) is 50.9 Å². The van der Waals surface area contributed by atoms with Crippen LogP contribution in [0.5, 0.6) is 0 Å². The molecule has 0 amide bonds. The highest BCUT2D eigenvalue weighted by Crippen LogP contribution is 2.25. The first-order valence-electron chi connectivity index (χ1n) is 8.74. The molecule has 3 rings (SSSR count). The molecule has 1 saturated heterocycles. The molecule has 0 radical (unpaired) electrons. The molecule has 0 spiro atoms. The molecular formula is C18H24ClN3O2S2. The van der Waals surface area contributed by atoms with Gasteiger partial charge in [0.15, 0.2) is 0 Å². The van der Waals surface area contributed by atoms with Crippen LogP contribution in [0, 0.1) is 0 Å². The fourth-order valence-electron chi connectivity index (χ4n) is 3.07. The average molecular weight is 414 g/mol. The average Bonchev–Trinajstić information content (AvgIpc) is 3.09. The van der Waals surface area contributed by atoms with Crippen LogP contribution in [0.3, 0.4) is 0 Å². The lowest BCUT2D eigenvalue weighted by Gasteiger charge is -2.34. The summed E-state index contributed by atoms with van der Waals surface area (Å²) in [5.41, 5.74) is 2.18. The fraction of sp³-hybridized carbons (Fsp3) is 0.444. The summed E-state index contributed by atoms with van der Waals surface area (Å²) in [6.45, 7) is 8.68. The van der Waals surface area contributed by atoms with Gasteiger partial charge in [0, 0.05) is 39.3 Å². The Bertz CT molecular complexity index is 830. The standard InChI is InChI=1S/C18H24ClN3O2S2/c1-2-21-9-11-22(12-10-21)14-16-6-4-3-5-15(16)13-20-26(23,24)18-8-7-17(19)25-18/h3-8,20H,2,9-14H2,1H3. The minimum Gasteiger partial charge on any atom is -0.301 e. The maximum absolute atomic E-state index is 12.4. The second-order valence-corrected chi connectivity index (χ2v) is 10.1. The van der Waals surface area contributed by atoms with Crippen LogP contribution in [-0.2, 0) is 23.1 Å². The molecule has 0 aliphatic carbocycles. The van der Waals surface area contributed by atoms with E-state index in [1.54, 1.807) is 6.07 Å². The molecule has 1 fully saturated rings. The van der Waals surface area contributed by atoms with E-state index < -0.39 is 10.0 Å². The third kappa shape index (κ3) is 5.06. The summed E-state index contributed by atoms with van der Waals surface area (Å²) in [4.78, 5) is 4.88. The lowest BCUT2D eigenvalue weighted by molar-refractivity contribution is 0.131. The second kappa shape index (κ2) is 8.82. The Kier molecular flexibility index (Phi) is 6.71. The molecular weight excluding hydrogens is 390 g/mol. The molecule has 2 aromatic rings. The van der Waals surface area contributed by atoms with E-state index in [1.807, 2.05) is 18.2 Å². The van der Waals surface area contributed by atoms with Gasteiger partial charge in [-0.15, -0.1) is 11.3 Å². The van der Waals surface area contributed by atoms with Crippen LogP contribution in [0.25, 0.3) is 0 Å². The summed E-state index contributed by atoms with van der Waals surface area (Å²) in [5, 5.41) is 0. The lowest BCUT2D eigenvalue weighted by Crippen LogP contribution is -2.45. The summed E-state index contributed by atoms with van der Waals surface area (Å²) < 4.78 is 28.2. The largest absolute Gasteiger partial charge is 0.301 e. The number of thiophene rings is 1. The molecule has 2 heterocycles. The van der Waals surface area contributed by atoms with E-state index in [0.29, 0.717) is 4.34 Å². The van der Waals surface area contributed by atoms with Gasteiger partial charge in [-0.05, 0) is 29.8 Å². The number of rotatable bonds is 7. The third-order valence-corrected chi connectivity index (χ3v) is 7.81. The van der Waals surface area contributed by atoms with Gasteiger partial charge in [0.1, 0.15) is 4.21 Å². The Morgan fingerprint density at radius 2 is 1.69 bits per heavy atom. The quantitative estimate of drug-likeness (QED) is 0.758. The first-order valence-corrected chi connectivity index (χ1v) is 11.4. The number of piperazine rings is 1. The Morgan fingerprint density at radius 1 is 1.04 bits per heavy atom. The van der Waals surface area contributed by atoms with E-state index in [9.17, 15) is 8.42 Å². The normalized spacial score (nSPS) is 16.8. The monoisotopic (exact) mass is 413 g/mol. The molecule has 0 bridgehead atoms. The molecule has 1 aliphatic rings. The summed E-state index contributed by atoms with van der Waals surface area (Å²) in [5.74, 6) is 0. The van der Waals surface area contributed by atoms with Gasteiger partial charge in [0.2, 0.25) is 10.0 Å². The lowest BCUT2D eigenvalue weighted by atomic mass is 10.1. The van der Waals surface area contributed by atoms with Crippen LogP contribution >= 0.6 is 22.9 Å². The summed E-state index contributed by atoms with van der Waals surface area (Å²) in [7, 11) is -3.53.